The minimum atomic E-state index is 0. The number of aliphatic imine (C=N–C) groups is 1. The molecule has 2 aromatic rings. The minimum absolute atomic E-state index is 0. The van der Waals surface area contributed by atoms with E-state index in [0.717, 1.165) is 43.4 Å². The Hall–Kier alpha value is -1.38. The molecule has 0 aromatic carbocycles. The fourth-order valence-electron chi connectivity index (χ4n) is 2.99. The zero-order valence-electron chi connectivity index (χ0n) is 16.9. The first-order valence-corrected chi connectivity index (χ1v) is 10.1. The van der Waals surface area contributed by atoms with Crippen molar-refractivity contribution in [2.75, 3.05) is 13.1 Å². The molecular formula is C20H35IN6. The van der Waals surface area contributed by atoms with Crippen molar-refractivity contribution in [1.29, 1.82) is 0 Å². The van der Waals surface area contributed by atoms with Gasteiger partial charge in [-0.3, -0.25) is 9.39 Å². The van der Waals surface area contributed by atoms with Gasteiger partial charge in [-0.05, 0) is 38.8 Å². The third-order valence-electron chi connectivity index (χ3n) is 4.43. The topological polar surface area (TPSA) is 66.6 Å². The van der Waals surface area contributed by atoms with Gasteiger partial charge < -0.3 is 10.6 Å². The molecule has 1 unspecified atom stereocenters. The maximum Gasteiger partial charge on any atom is 0.191 e. The van der Waals surface area contributed by atoms with Gasteiger partial charge in [-0.1, -0.05) is 38.7 Å². The number of rotatable bonds is 11. The monoisotopic (exact) mass is 486 g/mol. The third-order valence-corrected chi connectivity index (χ3v) is 4.43. The normalized spacial score (nSPS) is 12.6. The highest BCUT2D eigenvalue weighted by Crippen LogP contribution is 2.06. The first kappa shape index (κ1) is 23.7. The Morgan fingerprint density at radius 2 is 2.00 bits per heavy atom. The molecule has 2 aromatic heterocycles. The smallest absolute Gasteiger partial charge is 0.191 e. The second-order valence-electron chi connectivity index (χ2n) is 6.80. The van der Waals surface area contributed by atoms with Gasteiger partial charge in [0.15, 0.2) is 11.6 Å². The predicted molar refractivity (Wildman–Crippen MR) is 124 cm³/mol. The zero-order chi connectivity index (χ0) is 18.6. The number of nitrogens with one attached hydrogen (secondary N) is 2. The molecule has 7 heteroatoms. The molecule has 6 nitrogen and oxygen atoms in total. The summed E-state index contributed by atoms with van der Waals surface area (Å²) in [6.07, 6.45) is 10.3. The van der Waals surface area contributed by atoms with Crippen LogP contribution in [0.4, 0.5) is 0 Å². The van der Waals surface area contributed by atoms with Crippen molar-refractivity contribution >= 4 is 35.6 Å². The van der Waals surface area contributed by atoms with E-state index in [4.69, 9.17) is 4.99 Å². The van der Waals surface area contributed by atoms with Crippen molar-refractivity contribution in [1.82, 2.24) is 25.2 Å². The van der Waals surface area contributed by atoms with E-state index in [0.29, 0.717) is 6.04 Å². The fourth-order valence-corrected chi connectivity index (χ4v) is 2.99. The summed E-state index contributed by atoms with van der Waals surface area (Å²) >= 11 is 0. The maximum absolute atomic E-state index is 4.71. The lowest BCUT2D eigenvalue weighted by atomic mass is 10.1. The maximum atomic E-state index is 4.71. The molecule has 2 heterocycles. The number of hydrogen-bond donors (Lipinski definition) is 2. The van der Waals surface area contributed by atoms with Crippen LogP contribution in [0, 0.1) is 0 Å². The summed E-state index contributed by atoms with van der Waals surface area (Å²) in [4.78, 5) is 4.71. The molecule has 152 valence electrons. The molecule has 0 aliphatic rings. The highest BCUT2D eigenvalue weighted by atomic mass is 127. The zero-order valence-corrected chi connectivity index (χ0v) is 19.3. The van der Waals surface area contributed by atoms with E-state index < -0.39 is 0 Å². The van der Waals surface area contributed by atoms with Crippen LogP contribution in [0.5, 0.6) is 0 Å². The molecule has 0 aliphatic heterocycles. The Balaban J connectivity index is 0.00000364. The van der Waals surface area contributed by atoms with Crippen molar-refractivity contribution in [3.8, 4) is 0 Å². The fraction of sp³-hybridized carbons (Fsp3) is 0.650. The molecule has 0 saturated carbocycles. The van der Waals surface area contributed by atoms with Gasteiger partial charge in [0.05, 0.1) is 0 Å². The summed E-state index contributed by atoms with van der Waals surface area (Å²) < 4.78 is 2.05. The molecular weight excluding hydrogens is 451 g/mol. The number of fused-ring (bicyclic) bond motifs is 1. The molecule has 0 spiro atoms. The van der Waals surface area contributed by atoms with Gasteiger partial charge in [-0.25, -0.2) is 0 Å². The third kappa shape index (κ3) is 8.45. The van der Waals surface area contributed by atoms with Crippen LogP contribution < -0.4 is 10.6 Å². The molecule has 0 aliphatic carbocycles. The van der Waals surface area contributed by atoms with Gasteiger partial charge in [0.25, 0.3) is 0 Å². The summed E-state index contributed by atoms with van der Waals surface area (Å²) in [5.74, 6) is 1.92. The lowest BCUT2D eigenvalue weighted by molar-refractivity contribution is 0.537. The molecule has 0 amide bonds. The average Bonchev–Trinajstić information content (AvgIpc) is 3.06. The number of hydrogen-bond acceptors (Lipinski definition) is 3. The Morgan fingerprint density at radius 3 is 2.78 bits per heavy atom. The molecule has 27 heavy (non-hydrogen) atoms. The average molecular weight is 486 g/mol. The molecule has 2 rings (SSSR count). The van der Waals surface area contributed by atoms with E-state index in [1.807, 2.05) is 28.8 Å². The Morgan fingerprint density at radius 1 is 1.15 bits per heavy atom. The Bertz CT molecular complexity index is 669. The summed E-state index contributed by atoms with van der Waals surface area (Å²) in [7, 11) is 0. The molecule has 0 radical (unpaired) electrons. The number of unbranched alkanes of at least 4 members (excludes halogenated alkanes) is 3. The van der Waals surface area contributed by atoms with Gasteiger partial charge >= 0.3 is 0 Å². The number of aromatic nitrogens is 3. The lowest BCUT2D eigenvalue weighted by Gasteiger charge is -2.17. The van der Waals surface area contributed by atoms with Crippen LogP contribution in [-0.4, -0.2) is 39.7 Å². The lowest BCUT2D eigenvalue weighted by Crippen LogP contribution is -2.42. The van der Waals surface area contributed by atoms with Crippen molar-refractivity contribution in [2.45, 2.75) is 71.8 Å². The van der Waals surface area contributed by atoms with Crippen LogP contribution in [0.15, 0.2) is 29.4 Å². The summed E-state index contributed by atoms with van der Waals surface area (Å²) in [5.41, 5.74) is 0.901. The van der Waals surface area contributed by atoms with Crippen molar-refractivity contribution in [3.05, 3.63) is 30.2 Å². The summed E-state index contributed by atoms with van der Waals surface area (Å²) in [5, 5.41) is 15.3. The van der Waals surface area contributed by atoms with Crippen LogP contribution in [0.25, 0.3) is 5.65 Å². The standard InChI is InChI=1S/C20H34N6.HI/c1-4-6-7-8-12-17(3)23-20(21-5-2)22-15-11-14-19-25-24-18-13-9-10-16-26(18)19;/h9-10,13,16-17H,4-8,11-12,14-15H2,1-3H3,(H2,21,22,23);1H. The van der Waals surface area contributed by atoms with Crippen molar-refractivity contribution in [2.24, 2.45) is 4.99 Å². The number of nitrogens with zero attached hydrogens (tertiary/aromatic N) is 4. The highest BCUT2D eigenvalue weighted by molar-refractivity contribution is 14.0. The first-order chi connectivity index (χ1) is 12.7. The summed E-state index contributed by atoms with van der Waals surface area (Å²) in [6.45, 7) is 8.25. The molecule has 0 bridgehead atoms. The largest absolute Gasteiger partial charge is 0.357 e. The van der Waals surface area contributed by atoms with Crippen LogP contribution in [0.2, 0.25) is 0 Å². The Kier molecular flexibility index (Phi) is 12.0. The number of aryl methyl sites for hydroxylation is 1. The van der Waals surface area contributed by atoms with E-state index in [1.54, 1.807) is 0 Å². The van der Waals surface area contributed by atoms with E-state index >= 15 is 0 Å². The van der Waals surface area contributed by atoms with Crippen LogP contribution in [0.1, 0.15) is 65.1 Å². The van der Waals surface area contributed by atoms with E-state index in [9.17, 15) is 0 Å². The van der Waals surface area contributed by atoms with E-state index in [2.05, 4.69) is 41.6 Å². The van der Waals surface area contributed by atoms with Crippen LogP contribution in [0.3, 0.4) is 0 Å². The molecule has 1 atom stereocenters. The van der Waals surface area contributed by atoms with Crippen molar-refractivity contribution < 1.29 is 0 Å². The van der Waals surface area contributed by atoms with Gasteiger partial charge in [0.1, 0.15) is 5.82 Å². The van der Waals surface area contributed by atoms with Gasteiger partial charge in [0.2, 0.25) is 0 Å². The second kappa shape index (κ2) is 13.7. The van der Waals surface area contributed by atoms with E-state index in [1.165, 1.54) is 32.1 Å². The van der Waals surface area contributed by atoms with Gasteiger partial charge in [-0.2, -0.15) is 0 Å². The predicted octanol–water partition coefficient (Wildman–Crippen LogP) is 4.19. The van der Waals surface area contributed by atoms with Gasteiger partial charge in [0, 0.05) is 31.7 Å². The van der Waals surface area contributed by atoms with Gasteiger partial charge in [-0.15, -0.1) is 34.2 Å². The van der Waals surface area contributed by atoms with Crippen LogP contribution >= 0.6 is 24.0 Å². The second-order valence-corrected chi connectivity index (χ2v) is 6.80. The number of halogens is 1. The highest BCUT2D eigenvalue weighted by Gasteiger charge is 2.06. The molecule has 0 fully saturated rings. The number of pyridine rings is 1. The molecule has 0 saturated heterocycles. The quantitative estimate of drug-likeness (QED) is 0.216. The first-order valence-electron chi connectivity index (χ1n) is 10.1. The van der Waals surface area contributed by atoms with Crippen molar-refractivity contribution in [3.63, 3.8) is 0 Å². The van der Waals surface area contributed by atoms with Crippen LogP contribution in [-0.2, 0) is 6.42 Å². The van der Waals surface area contributed by atoms with E-state index in [-0.39, 0.29) is 24.0 Å². The molecule has 2 N–H and O–H groups in total. The summed E-state index contributed by atoms with van der Waals surface area (Å²) in [6, 6.07) is 6.41. The minimum Gasteiger partial charge on any atom is -0.357 e. The SMILES string of the molecule is CCCCCCC(C)NC(=NCCCc1nnc2ccccn12)NCC.I. The number of guanidine groups is 1. The Labute approximate surface area is 180 Å².